The Labute approximate surface area is 162 Å². The van der Waals surface area contributed by atoms with Crippen molar-refractivity contribution >= 4 is 17.6 Å². The number of ether oxygens (including phenoxy) is 2. The normalized spacial score (nSPS) is 12.0. The number of unbranched alkanes of at least 4 members (excludes halogenated alkanes) is 1. The maximum absolute atomic E-state index is 5.55. The molecule has 0 aliphatic carbocycles. The van der Waals surface area contributed by atoms with Gasteiger partial charge in [0.15, 0.2) is 0 Å². The number of benzene rings is 1. The molecule has 0 saturated heterocycles. The molecule has 1 aromatic carbocycles. The lowest BCUT2D eigenvalue weighted by Crippen LogP contribution is -2.13. The van der Waals surface area contributed by atoms with Gasteiger partial charge < -0.3 is 13.9 Å². The summed E-state index contributed by atoms with van der Waals surface area (Å²) in [5.74, 6) is 2.18. The molecule has 0 fully saturated rings. The predicted octanol–water partition coefficient (Wildman–Crippen LogP) is 4.41. The molecule has 0 amide bonds. The summed E-state index contributed by atoms with van der Waals surface area (Å²) in [6.45, 7) is 2.92. The molecule has 3 rings (SSSR count). The number of rotatable bonds is 8. The summed E-state index contributed by atoms with van der Waals surface area (Å²) in [6.07, 6.45) is 5.44. The molecular weight excluding hydrogens is 362 g/mol. The Balaban J connectivity index is 2.11. The van der Waals surface area contributed by atoms with Crippen molar-refractivity contribution < 1.29 is 13.9 Å². The van der Waals surface area contributed by atoms with Crippen LogP contribution in [0.3, 0.4) is 0 Å². The molecule has 7 heteroatoms. The third-order valence-corrected chi connectivity index (χ3v) is 4.82. The molecule has 0 N–H and O–H groups in total. The van der Waals surface area contributed by atoms with Gasteiger partial charge in [-0.1, -0.05) is 13.3 Å². The van der Waals surface area contributed by atoms with Gasteiger partial charge in [-0.15, -0.1) is 11.3 Å². The number of furan rings is 1. The van der Waals surface area contributed by atoms with E-state index in [2.05, 4.69) is 12.0 Å². The largest absolute Gasteiger partial charge is 0.497 e. The Kier molecular flexibility index (Phi) is 6.49. The standard InChI is InChI=1S/C20H23N3O3S/c1-4-5-10-21-20-23(22-13-16-7-6-11-26-16)18(14-27-20)17-12-15(24-2)8-9-19(17)25-3/h6-9,11-14H,4-5,10H2,1-3H3/b21-20?,22-13+. The van der Waals surface area contributed by atoms with Crippen LogP contribution in [-0.4, -0.2) is 31.7 Å². The molecule has 27 heavy (non-hydrogen) atoms. The van der Waals surface area contributed by atoms with E-state index in [1.807, 2.05) is 40.4 Å². The van der Waals surface area contributed by atoms with E-state index in [-0.39, 0.29) is 0 Å². The molecule has 0 radical (unpaired) electrons. The Bertz CT molecular complexity index is 955. The van der Waals surface area contributed by atoms with Gasteiger partial charge in [-0.2, -0.15) is 5.10 Å². The monoisotopic (exact) mass is 385 g/mol. The fourth-order valence-corrected chi connectivity index (χ4v) is 3.39. The maximum Gasteiger partial charge on any atom is 0.206 e. The summed E-state index contributed by atoms with van der Waals surface area (Å²) in [5, 5.41) is 6.64. The second kappa shape index (κ2) is 9.23. The molecule has 0 saturated carbocycles. The first-order chi connectivity index (χ1) is 13.3. The Morgan fingerprint density at radius 3 is 2.81 bits per heavy atom. The molecule has 0 aliphatic heterocycles. The lowest BCUT2D eigenvalue weighted by molar-refractivity contribution is 0.404. The number of hydrogen-bond donors (Lipinski definition) is 0. The molecule has 0 unspecified atom stereocenters. The smallest absolute Gasteiger partial charge is 0.206 e. The zero-order valence-corrected chi connectivity index (χ0v) is 16.5. The van der Waals surface area contributed by atoms with Gasteiger partial charge in [0, 0.05) is 17.5 Å². The fraction of sp³-hybridized carbons (Fsp3) is 0.300. The van der Waals surface area contributed by atoms with Gasteiger partial charge >= 0.3 is 0 Å². The van der Waals surface area contributed by atoms with Gasteiger partial charge in [0.1, 0.15) is 17.3 Å². The van der Waals surface area contributed by atoms with Crippen LogP contribution in [0.2, 0.25) is 0 Å². The molecule has 0 aliphatic rings. The van der Waals surface area contributed by atoms with Gasteiger partial charge in [0.2, 0.25) is 4.80 Å². The fourth-order valence-electron chi connectivity index (χ4n) is 2.53. The highest BCUT2D eigenvalue weighted by Crippen LogP contribution is 2.33. The number of nitrogens with zero attached hydrogens (tertiary/aromatic N) is 3. The van der Waals surface area contributed by atoms with Gasteiger partial charge in [-0.05, 0) is 36.8 Å². The van der Waals surface area contributed by atoms with Crippen molar-refractivity contribution in [1.29, 1.82) is 0 Å². The molecule has 0 atom stereocenters. The molecule has 142 valence electrons. The minimum absolute atomic E-state index is 0.678. The van der Waals surface area contributed by atoms with Crippen LogP contribution in [0, 0.1) is 0 Å². The lowest BCUT2D eigenvalue weighted by Gasteiger charge is -2.11. The highest BCUT2D eigenvalue weighted by molar-refractivity contribution is 7.07. The van der Waals surface area contributed by atoms with Crippen LogP contribution in [0.25, 0.3) is 11.3 Å². The second-order valence-electron chi connectivity index (χ2n) is 5.78. The first-order valence-corrected chi connectivity index (χ1v) is 9.66. The number of aromatic nitrogens is 1. The number of hydrogen-bond acceptors (Lipinski definition) is 6. The first-order valence-electron chi connectivity index (χ1n) is 8.78. The minimum Gasteiger partial charge on any atom is -0.497 e. The van der Waals surface area contributed by atoms with Crippen LogP contribution in [0.4, 0.5) is 0 Å². The minimum atomic E-state index is 0.678. The summed E-state index contributed by atoms with van der Waals surface area (Å²) >= 11 is 1.55. The molecule has 6 nitrogen and oxygen atoms in total. The van der Waals surface area contributed by atoms with Gasteiger partial charge in [-0.25, -0.2) is 4.68 Å². The van der Waals surface area contributed by atoms with Crippen molar-refractivity contribution in [3.63, 3.8) is 0 Å². The second-order valence-corrected chi connectivity index (χ2v) is 6.61. The van der Waals surface area contributed by atoms with Crippen LogP contribution in [-0.2, 0) is 0 Å². The van der Waals surface area contributed by atoms with E-state index in [1.165, 1.54) is 0 Å². The van der Waals surface area contributed by atoms with E-state index in [1.54, 1.807) is 38.0 Å². The average molecular weight is 385 g/mol. The van der Waals surface area contributed by atoms with Crippen molar-refractivity contribution in [3.8, 4) is 22.8 Å². The average Bonchev–Trinajstić information content (AvgIpc) is 3.35. The molecule has 3 aromatic rings. The highest BCUT2D eigenvalue weighted by Gasteiger charge is 2.14. The summed E-state index contributed by atoms with van der Waals surface area (Å²) < 4.78 is 18.1. The van der Waals surface area contributed by atoms with Crippen LogP contribution in [0.5, 0.6) is 11.5 Å². The van der Waals surface area contributed by atoms with E-state index in [4.69, 9.17) is 18.9 Å². The van der Waals surface area contributed by atoms with Crippen LogP contribution < -0.4 is 14.3 Å². The molecule has 0 spiro atoms. The maximum atomic E-state index is 5.55. The molecule has 2 aromatic heterocycles. The highest BCUT2D eigenvalue weighted by atomic mass is 32.1. The van der Waals surface area contributed by atoms with Gasteiger partial charge in [-0.3, -0.25) is 4.99 Å². The van der Waals surface area contributed by atoms with Gasteiger partial charge in [0.25, 0.3) is 0 Å². The predicted molar refractivity (Wildman–Crippen MR) is 108 cm³/mol. The van der Waals surface area contributed by atoms with Crippen LogP contribution in [0.15, 0.2) is 56.5 Å². The Hall–Kier alpha value is -2.80. The third-order valence-electron chi connectivity index (χ3n) is 3.97. The van der Waals surface area contributed by atoms with Crippen molar-refractivity contribution in [2.24, 2.45) is 10.1 Å². The first kappa shape index (κ1) is 19.0. The zero-order valence-electron chi connectivity index (χ0n) is 15.7. The van der Waals surface area contributed by atoms with E-state index in [9.17, 15) is 0 Å². The molecular formula is C20H23N3O3S. The van der Waals surface area contributed by atoms with Crippen LogP contribution in [0.1, 0.15) is 25.5 Å². The number of thiazole rings is 1. The number of methoxy groups -OCH3 is 2. The summed E-state index contributed by atoms with van der Waals surface area (Å²) in [6, 6.07) is 9.39. The third kappa shape index (κ3) is 4.49. The molecule has 0 bridgehead atoms. The topological polar surface area (TPSA) is 61.2 Å². The van der Waals surface area contributed by atoms with Crippen molar-refractivity contribution in [2.45, 2.75) is 19.8 Å². The Morgan fingerprint density at radius 1 is 1.22 bits per heavy atom. The van der Waals surface area contributed by atoms with Crippen LogP contribution >= 0.6 is 11.3 Å². The van der Waals surface area contributed by atoms with E-state index < -0.39 is 0 Å². The van der Waals surface area contributed by atoms with Crippen molar-refractivity contribution in [3.05, 3.63) is 52.5 Å². The zero-order chi connectivity index (χ0) is 19.1. The van der Waals surface area contributed by atoms with E-state index in [0.29, 0.717) is 5.76 Å². The van der Waals surface area contributed by atoms with E-state index >= 15 is 0 Å². The quantitative estimate of drug-likeness (QED) is 0.426. The van der Waals surface area contributed by atoms with Gasteiger partial charge in [0.05, 0.1) is 32.4 Å². The van der Waals surface area contributed by atoms with Crippen molar-refractivity contribution in [1.82, 2.24) is 4.68 Å². The SMILES string of the molecule is CCCCN=c1scc(-c2cc(OC)ccc2OC)n1/N=C/c1ccco1. The Morgan fingerprint density at radius 2 is 2.11 bits per heavy atom. The summed E-state index contributed by atoms with van der Waals surface area (Å²) in [5.41, 5.74) is 1.77. The van der Waals surface area contributed by atoms with Crippen molar-refractivity contribution in [2.75, 3.05) is 20.8 Å². The summed E-state index contributed by atoms with van der Waals surface area (Å²) in [7, 11) is 3.30. The summed E-state index contributed by atoms with van der Waals surface area (Å²) in [4.78, 5) is 5.53. The van der Waals surface area contributed by atoms with E-state index in [0.717, 1.165) is 46.9 Å². The molecule has 2 heterocycles. The lowest BCUT2D eigenvalue weighted by atomic mass is 10.1.